The number of rotatable bonds is 6. The van der Waals surface area contributed by atoms with Crippen LogP contribution in [0.15, 0.2) is 18.2 Å². The van der Waals surface area contributed by atoms with E-state index in [-0.39, 0.29) is 12.1 Å². The summed E-state index contributed by atoms with van der Waals surface area (Å²) < 4.78 is 0. The Labute approximate surface area is 138 Å². The normalized spacial score (nSPS) is 11.0. The number of benzene rings is 1. The first kappa shape index (κ1) is 17.0. The maximum atomic E-state index is 4.45. The molecule has 6 nitrogen and oxygen atoms in total. The van der Waals surface area contributed by atoms with Crippen molar-refractivity contribution in [3.8, 4) is 0 Å². The van der Waals surface area contributed by atoms with Gasteiger partial charge in [0.05, 0.1) is 0 Å². The zero-order valence-electron chi connectivity index (χ0n) is 14.7. The lowest BCUT2D eigenvalue weighted by Crippen LogP contribution is -2.18. The lowest BCUT2D eigenvalue weighted by atomic mass is 10.1. The number of hydrogen-bond donors (Lipinski definition) is 3. The highest BCUT2D eigenvalue weighted by molar-refractivity contribution is 5.57. The smallest absolute Gasteiger partial charge is 0.233 e. The summed E-state index contributed by atoms with van der Waals surface area (Å²) in [5.74, 6) is 1.64. The highest BCUT2D eigenvalue weighted by Crippen LogP contribution is 2.19. The summed E-state index contributed by atoms with van der Waals surface area (Å²) >= 11 is 0. The SMILES string of the molecule is Cc1cc(C)cc(Nc2nc(NC(C)C)nc(NC(C)C)n2)c1. The van der Waals surface area contributed by atoms with Crippen LogP contribution in [0.3, 0.4) is 0 Å². The van der Waals surface area contributed by atoms with E-state index in [9.17, 15) is 0 Å². The molecule has 6 heteroatoms. The van der Waals surface area contributed by atoms with E-state index >= 15 is 0 Å². The van der Waals surface area contributed by atoms with E-state index in [4.69, 9.17) is 0 Å². The van der Waals surface area contributed by atoms with Crippen molar-refractivity contribution in [3.63, 3.8) is 0 Å². The fourth-order valence-corrected chi connectivity index (χ4v) is 2.25. The predicted octanol–water partition coefficient (Wildman–Crippen LogP) is 3.87. The Bertz CT molecular complexity index is 618. The molecule has 23 heavy (non-hydrogen) atoms. The van der Waals surface area contributed by atoms with Crippen LogP contribution in [0.25, 0.3) is 0 Å². The van der Waals surface area contributed by atoms with Crippen molar-refractivity contribution in [2.75, 3.05) is 16.0 Å². The maximum Gasteiger partial charge on any atom is 0.233 e. The van der Waals surface area contributed by atoms with Crippen LogP contribution in [-0.4, -0.2) is 27.0 Å². The van der Waals surface area contributed by atoms with Gasteiger partial charge in [-0.2, -0.15) is 15.0 Å². The lowest BCUT2D eigenvalue weighted by molar-refractivity contribution is 0.847. The Morgan fingerprint density at radius 2 is 1.13 bits per heavy atom. The van der Waals surface area contributed by atoms with E-state index in [0.29, 0.717) is 17.8 Å². The maximum absolute atomic E-state index is 4.45. The van der Waals surface area contributed by atoms with E-state index in [2.05, 4.69) is 90.6 Å². The third-order valence-corrected chi connectivity index (χ3v) is 2.95. The molecule has 0 aliphatic heterocycles. The molecule has 0 amide bonds. The quantitative estimate of drug-likeness (QED) is 0.751. The van der Waals surface area contributed by atoms with Gasteiger partial charge in [0.25, 0.3) is 0 Å². The first-order valence-corrected chi connectivity index (χ1v) is 7.96. The van der Waals surface area contributed by atoms with E-state index in [1.807, 2.05) is 0 Å². The third-order valence-electron chi connectivity index (χ3n) is 2.95. The van der Waals surface area contributed by atoms with Crippen molar-refractivity contribution >= 4 is 23.5 Å². The monoisotopic (exact) mass is 314 g/mol. The second-order valence-electron chi connectivity index (χ2n) is 6.41. The van der Waals surface area contributed by atoms with Crippen molar-refractivity contribution in [3.05, 3.63) is 29.3 Å². The second-order valence-corrected chi connectivity index (χ2v) is 6.41. The van der Waals surface area contributed by atoms with Crippen molar-refractivity contribution in [2.45, 2.75) is 53.6 Å². The number of nitrogens with zero attached hydrogens (tertiary/aromatic N) is 3. The summed E-state index contributed by atoms with van der Waals surface area (Å²) in [6, 6.07) is 6.77. The van der Waals surface area contributed by atoms with Crippen LogP contribution in [0.2, 0.25) is 0 Å². The van der Waals surface area contributed by atoms with Gasteiger partial charge in [0.2, 0.25) is 17.8 Å². The molecule has 124 valence electrons. The van der Waals surface area contributed by atoms with Crippen molar-refractivity contribution in [2.24, 2.45) is 0 Å². The molecular weight excluding hydrogens is 288 g/mol. The first-order valence-electron chi connectivity index (χ1n) is 7.96. The Morgan fingerprint density at radius 1 is 0.696 bits per heavy atom. The molecule has 0 radical (unpaired) electrons. The minimum atomic E-state index is 0.248. The van der Waals surface area contributed by atoms with Gasteiger partial charge in [0.15, 0.2) is 0 Å². The highest BCUT2D eigenvalue weighted by atomic mass is 15.3. The second kappa shape index (κ2) is 7.26. The molecule has 0 spiro atoms. The summed E-state index contributed by atoms with van der Waals surface area (Å²) in [4.78, 5) is 13.3. The number of aromatic nitrogens is 3. The predicted molar refractivity (Wildman–Crippen MR) is 96.5 cm³/mol. The summed E-state index contributed by atoms with van der Waals surface area (Å²) in [7, 11) is 0. The largest absolute Gasteiger partial charge is 0.352 e. The van der Waals surface area contributed by atoms with Gasteiger partial charge in [-0.05, 0) is 64.8 Å². The van der Waals surface area contributed by atoms with Crippen LogP contribution in [0.4, 0.5) is 23.5 Å². The molecule has 2 aromatic rings. The van der Waals surface area contributed by atoms with Crippen LogP contribution >= 0.6 is 0 Å². The van der Waals surface area contributed by atoms with Crippen LogP contribution in [0, 0.1) is 13.8 Å². The molecule has 0 fully saturated rings. The van der Waals surface area contributed by atoms with Gasteiger partial charge >= 0.3 is 0 Å². The fourth-order valence-electron chi connectivity index (χ4n) is 2.25. The molecule has 1 aromatic heterocycles. The van der Waals surface area contributed by atoms with E-state index in [0.717, 1.165) is 5.69 Å². The summed E-state index contributed by atoms with van der Waals surface area (Å²) in [6.45, 7) is 12.4. The average Bonchev–Trinajstić information content (AvgIpc) is 2.34. The molecule has 0 atom stereocenters. The molecule has 0 saturated heterocycles. The number of anilines is 4. The standard InChI is InChI=1S/C17H26N6/c1-10(2)18-15-21-16(19-11(3)4)23-17(22-15)20-14-8-12(5)7-13(6)9-14/h7-11H,1-6H3,(H3,18,19,20,21,22,23). The minimum Gasteiger partial charge on any atom is -0.352 e. The van der Waals surface area contributed by atoms with E-state index in [1.54, 1.807) is 0 Å². The van der Waals surface area contributed by atoms with Crippen LogP contribution in [0.5, 0.6) is 0 Å². The van der Waals surface area contributed by atoms with Crippen molar-refractivity contribution < 1.29 is 0 Å². The average molecular weight is 314 g/mol. The van der Waals surface area contributed by atoms with Crippen LogP contribution in [0.1, 0.15) is 38.8 Å². The Morgan fingerprint density at radius 3 is 1.57 bits per heavy atom. The van der Waals surface area contributed by atoms with Gasteiger partial charge in [-0.15, -0.1) is 0 Å². The molecule has 0 unspecified atom stereocenters. The molecule has 1 aromatic carbocycles. The molecule has 0 aliphatic rings. The van der Waals surface area contributed by atoms with Gasteiger partial charge in [-0.1, -0.05) is 6.07 Å². The number of aryl methyl sites for hydroxylation is 2. The summed E-state index contributed by atoms with van der Waals surface area (Å²) in [5.41, 5.74) is 3.37. The molecule has 2 rings (SSSR count). The minimum absolute atomic E-state index is 0.248. The highest BCUT2D eigenvalue weighted by Gasteiger charge is 2.09. The number of nitrogens with one attached hydrogen (secondary N) is 3. The van der Waals surface area contributed by atoms with Gasteiger partial charge in [-0.25, -0.2) is 0 Å². The first-order chi connectivity index (χ1) is 10.8. The van der Waals surface area contributed by atoms with Gasteiger partial charge in [-0.3, -0.25) is 0 Å². The lowest BCUT2D eigenvalue weighted by Gasteiger charge is -2.14. The Hall–Kier alpha value is -2.37. The van der Waals surface area contributed by atoms with Gasteiger partial charge < -0.3 is 16.0 Å². The third kappa shape index (κ3) is 5.39. The van der Waals surface area contributed by atoms with Crippen molar-refractivity contribution in [1.82, 2.24) is 15.0 Å². The van der Waals surface area contributed by atoms with E-state index in [1.165, 1.54) is 11.1 Å². The molecule has 0 saturated carbocycles. The molecule has 0 aliphatic carbocycles. The van der Waals surface area contributed by atoms with Gasteiger partial charge in [0, 0.05) is 17.8 Å². The van der Waals surface area contributed by atoms with E-state index < -0.39 is 0 Å². The fraction of sp³-hybridized carbons (Fsp3) is 0.471. The summed E-state index contributed by atoms with van der Waals surface area (Å²) in [6.07, 6.45) is 0. The molecule has 0 bridgehead atoms. The Kier molecular flexibility index (Phi) is 5.36. The van der Waals surface area contributed by atoms with Gasteiger partial charge in [0.1, 0.15) is 0 Å². The zero-order valence-corrected chi connectivity index (χ0v) is 14.7. The molecule has 1 heterocycles. The molecule has 3 N–H and O–H groups in total. The summed E-state index contributed by atoms with van der Waals surface area (Å²) in [5, 5.41) is 9.72. The van der Waals surface area contributed by atoms with Crippen LogP contribution < -0.4 is 16.0 Å². The number of hydrogen-bond acceptors (Lipinski definition) is 6. The Balaban J connectivity index is 2.31. The zero-order chi connectivity index (χ0) is 17.0. The van der Waals surface area contributed by atoms with Crippen LogP contribution in [-0.2, 0) is 0 Å². The topological polar surface area (TPSA) is 74.8 Å². The molecular formula is C17H26N6. The van der Waals surface area contributed by atoms with Crippen molar-refractivity contribution in [1.29, 1.82) is 0 Å².